The van der Waals surface area contributed by atoms with E-state index in [-0.39, 0.29) is 6.04 Å². The van der Waals surface area contributed by atoms with Gasteiger partial charge in [0.25, 0.3) is 0 Å². The topological polar surface area (TPSA) is 91.7 Å². The first-order chi connectivity index (χ1) is 16.0. The first-order valence-corrected chi connectivity index (χ1v) is 11.2. The molecular weight excluding hydrogens is 440 g/mol. The van der Waals surface area contributed by atoms with Crippen LogP contribution >= 0.6 is 11.6 Å². The Bertz CT molecular complexity index is 1160. The predicted molar refractivity (Wildman–Crippen MR) is 128 cm³/mol. The molecule has 0 fully saturated rings. The zero-order chi connectivity index (χ0) is 23.2. The Kier molecular flexibility index (Phi) is 7.40. The third kappa shape index (κ3) is 6.20. The summed E-state index contributed by atoms with van der Waals surface area (Å²) in [5.74, 6) is -0.0280. The van der Waals surface area contributed by atoms with E-state index >= 15 is 0 Å². The van der Waals surface area contributed by atoms with E-state index in [2.05, 4.69) is 16.4 Å². The zero-order valence-electron chi connectivity index (χ0n) is 17.9. The fourth-order valence-electron chi connectivity index (χ4n) is 3.97. The van der Waals surface area contributed by atoms with E-state index in [9.17, 15) is 9.90 Å². The molecule has 3 N–H and O–H groups in total. The Hall–Kier alpha value is -3.19. The highest BCUT2D eigenvalue weighted by atomic mass is 35.5. The van der Waals surface area contributed by atoms with Crippen LogP contribution in [0.25, 0.3) is 6.08 Å². The first-order valence-electron chi connectivity index (χ1n) is 10.8. The van der Waals surface area contributed by atoms with Gasteiger partial charge in [-0.15, -0.1) is 0 Å². The van der Waals surface area contributed by atoms with Crippen molar-refractivity contribution in [2.75, 3.05) is 6.54 Å². The monoisotopic (exact) mass is 464 g/mol. The Labute approximate surface area is 197 Å². The van der Waals surface area contributed by atoms with Crippen molar-refractivity contribution in [3.8, 4) is 11.6 Å². The second kappa shape index (κ2) is 10.6. The van der Waals surface area contributed by atoms with Gasteiger partial charge in [0.2, 0.25) is 5.88 Å². The van der Waals surface area contributed by atoms with E-state index < -0.39 is 12.1 Å². The summed E-state index contributed by atoms with van der Waals surface area (Å²) in [6, 6.07) is 17.0. The molecule has 0 bridgehead atoms. The van der Waals surface area contributed by atoms with Crippen molar-refractivity contribution in [1.82, 2.24) is 10.3 Å². The number of carbonyl (C=O) groups is 1. The molecule has 6 nitrogen and oxygen atoms in total. The van der Waals surface area contributed by atoms with Gasteiger partial charge in [-0.25, -0.2) is 9.78 Å². The number of ether oxygens (including phenoxy) is 1. The van der Waals surface area contributed by atoms with Crippen LogP contribution in [0.15, 0.2) is 66.9 Å². The van der Waals surface area contributed by atoms with E-state index in [1.807, 2.05) is 24.3 Å². The number of nitrogens with one attached hydrogen (secondary N) is 1. The number of aliphatic hydroxyl groups is 1. The molecule has 3 aromatic rings. The van der Waals surface area contributed by atoms with E-state index in [4.69, 9.17) is 21.4 Å². The second-order valence-electron chi connectivity index (χ2n) is 8.02. The van der Waals surface area contributed by atoms with Crippen LogP contribution in [-0.4, -0.2) is 33.8 Å². The van der Waals surface area contributed by atoms with Crippen molar-refractivity contribution < 1.29 is 19.7 Å². The van der Waals surface area contributed by atoms with Gasteiger partial charge in [0.05, 0.1) is 6.10 Å². The predicted octanol–water partition coefficient (Wildman–Crippen LogP) is 4.81. The number of fused-ring (bicyclic) bond motifs is 1. The Morgan fingerprint density at radius 1 is 1.21 bits per heavy atom. The third-order valence-electron chi connectivity index (χ3n) is 5.66. The van der Waals surface area contributed by atoms with Crippen LogP contribution in [0, 0.1) is 0 Å². The highest BCUT2D eigenvalue weighted by Gasteiger charge is 2.20. The highest BCUT2D eigenvalue weighted by Crippen LogP contribution is 2.30. The number of pyridine rings is 1. The Morgan fingerprint density at radius 3 is 2.91 bits per heavy atom. The minimum Gasteiger partial charge on any atom is -0.478 e. The molecule has 170 valence electrons. The quantitative estimate of drug-likeness (QED) is 0.414. The van der Waals surface area contributed by atoms with Crippen LogP contribution in [0.3, 0.4) is 0 Å². The molecule has 0 saturated carbocycles. The summed E-state index contributed by atoms with van der Waals surface area (Å²) in [5, 5.41) is 23.5. The minimum absolute atomic E-state index is 0.241. The summed E-state index contributed by atoms with van der Waals surface area (Å²) in [7, 11) is 0. The number of carboxylic acid groups (broad SMARTS) is 1. The number of aromatic nitrogens is 1. The fourth-order valence-corrected chi connectivity index (χ4v) is 4.17. The van der Waals surface area contributed by atoms with Crippen molar-refractivity contribution in [3.63, 3.8) is 0 Å². The van der Waals surface area contributed by atoms with E-state index in [0.29, 0.717) is 28.8 Å². The zero-order valence-corrected chi connectivity index (χ0v) is 18.7. The van der Waals surface area contributed by atoms with Crippen LogP contribution in [0.1, 0.15) is 34.8 Å². The molecular formula is C26H25ClN2O4. The van der Waals surface area contributed by atoms with Gasteiger partial charge in [0.15, 0.2) is 0 Å². The van der Waals surface area contributed by atoms with Crippen LogP contribution in [0.4, 0.5) is 0 Å². The number of carboxylic acids is 1. The van der Waals surface area contributed by atoms with E-state index in [0.717, 1.165) is 30.9 Å². The molecule has 2 aromatic carbocycles. The Morgan fingerprint density at radius 2 is 2.09 bits per heavy atom. The SMILES string of the molecule is O=C(O)C=Cc1cccnc1Oc1ccc2c(c1)C[C@@H](NC[C@H](O)c1cccc(Cl)c1)CC2. The van der Waals surface area contributed by atoms with Gasteiger partial charge in [-0.2, -0.15) is 0 Å². The fraction of sp³-hybridized carbons (Fsp3) is 0.231. The summed E-state index contributed by atoms with van der Waals surface area (Å²) in [4.78, 5) is 15.1. The van der Waals surface area contributed by atoms with Crippen LogP contribution in [-0.2, 0) is 17.6 Å². The number of aliphatic carboxylic acids is 1. The van der Waals surface area contributed by atoms with Gasteiger partial charge in [-0.3, -0.25) is 0 Å². The highest BCUT2D eigenvalue weighted by molar-refractivity contribution is 6.30. The number of halogens is 1. The lowest BCUT2D eigenvalue weighted by molar-refractivity contribution is -0.131. The molecule has 1 heterocycles. The number of benzene rings is 2. The lowest BCUT2D eigenvalue weighted by Gasteiger charge is -2.27. The maximum absolute atomic E-state index is 10.8. The van der Waals surface area contributed by atoms with Crippen molar-refractivity contribution >= 4 is 23.6 Å². The number of hydrogen-bond donors (Lipinski definition) is 3. The lowest BCUT2D eigenvalue weighted by Crippen LogP contribution is -2.37. The maximum Gasteiger partial charge on any atom is 0.328 e. The molecule has 0 amide bonds. The van der Waals surface area contributed by atoms with Gasteiger partial charge >= 0.3 is 5.97 Å². The molecule has 0 spiro atoms. The van der Waals surface area contributed by atoms with Gasteiger partial charge < -0.3 is 20.3 Å². The maximum atomic E-state index is 10.8. The third-order valence-corrected chi connectivity index (χ3v) is 5.90. The van der Waals surface area contributed by atoms with Gasteiger partial charge in [-0.05, 0) is 78.4 Å². The van der Waals surface area contributed by atoms with E-state index in [1.165, 1.54) is 17.2 Å². The molecule has 0 radical (unpaired) electrons. The standard InChI is InChI=1S/C26H25ClN2O4/c27-21-5-1-3-19(13-21)24(30)16-29-22-9-6-17-7-10-23(15-20(17)14-22)33-26-18(4-2-12-28-26)8-11-25(31)32/h1-5,7-8,10-13,15,22,24,29-30H,6,9,14,16H2,(H,31,32)/t22-,24-/m0/s1. The summed E-state index contributed by atoms with van der Waals surface area (Å²) < 4.78 is 5.98. The summed E-state index contributed by atoms with van der Waals surface area (Å²) in [6.45, 7) is 0.448. The largest absolute Gasteiger partial charge is 0.478 e. The molecule has 0 aliphatic heterocycles. The van der Waals surface area contributed by atoms with Crippen LogP contribution in [0.2, 0.25) is 5.02 Å². The molecule has 2 atom stereocenters. The Balaban J connectivity index is 1.41. The van der Waals surface area contributed by atoms with Crippen molar-refractivity contribution in [3.05, 3.63) is 94.1 Å². The van der Waals surface area contributed by atoms with E-state index in [1.54, 1.807) is 30.5 Å². The smallest absolute Gasteiger partial charge is 0.328 e. The van der Waals surface area contributed by atoms with Crippen LogP contribution in [0.5, 0.6) is 11.6 Å². The minimum atomic E-state index is -1.03. The normalized spacial score (nSPS) is 16.4. The molecule has 0 saturated heterocycles. The average Bonchev–Trinajstić information content (AvgIpc) is 2.81. The molecule has 0 unspecified atom stereocenters. The van der Waals surface area contributed by atoms with Gasteiger partial charge in [-0.1, -0.05) is 29.8 Å². The number of aliphatic hydroxyl groups excluding tert-OH is 1. The van der Waals surface area contributed by atoms with Crippen LogP contribution < -0.4 is 10.1 Å². The van der Waals surface area contributed by atoms with Gasteiger partial charge in [0, 0.05) is 35.4 Å². The summed E-state index contributed by atoms with van der Waals surface area (Å²) in [5.41, 5.74) is 3.85. The van der Waals surface area contributed by atoms with Crippen molar-refractivity contribution in [1.29, 1.82) is 0 Å². The molecule has 1 aliphatic carbocycles. The average molecular weight is 465 g/mol. The molecule has 33 heavy (non-hydrogen) atoms. The summed E-state index contributed by atoms with van der Waals surface area (Å²) in [6.07, 6.45) is 6.26. The van der Waals surface area contributed by atoms with Crippen molar-refractivity contribution in [2.24, 2.45) is 0 Å². The number of rotatable bonds is 8. The summed E-state index contributed by atoms with van der Waals surface area (Å²) >= 11 is 6.03. The molecule has 1 aliphatic rings. The molecule has 4 rings (SSSR count). The molecule has 7 heteroatoms. The number of aryl methyl sites for hydroxylation is 1. The second-order valence-corrected chi connectivity index (χ2v) is 8.46. The number of hydrogen-bond acceptors (Lipinski definition) is 5. The molecule has 1 aromatic heterocycles. The van der Waals surface area contributed by atoms with Crippen molar-refractivity contribution in [2.45, 2.75) is 31.4 Å². The van der Waals surface area contributed by atoms with Gasteiger partial charge in [0.1, 0.15) is 5.75 Å². The lowest BCUT2D eigenvalue weighted by atomic mass is 9.88. The first kappa shape index (κ1) is 23.0. The number of nitrogens with zero attached hydrogens (tertiary/aromatic N) is 1.